The monoisotopic (exact) mass is 515 g/mol. The first kappa shape index (κ1) is 24.0. The smallest absolute Gasteiger partial charge is 0.175 e. The van der Waals surface area contributed by atoms with Crippen molar-refractivity contribution in [1.29, 1.82) is 0 Å². The van der Waals surface area contributed by atoms with E-state index in [-0.39, 0.29) is 5.82 Å². The minimum absolute atomic E-state index is 0.292. The maximum Gasteiger partial charge on any atom is 0.175 e. The van der Waals surface area contributed by atoms with Crippen LogP contribution in [0.1, 0.15) is 5.56 Å². The van der Waals surface area contributed by atoms with E-state index in [1.807, 2.05) is 54.6 Å². The third-order valence-electron chi connectivity index (χ3n) is 5.65. The maximum atomic E-state index is 13.7. The first-order valence-electron chi connectivity index (χ1n) is 11.2. The van der Waals surface area contributed by atoms with Crippen LogP contribution in [0.2, 0.25) is 0 Å². The van der Waals surface area contributed by atoms with Crippen LogP contribution in [-0.2, 0) is 15.6 Å². The number of nitrogens with zero attached hydrogens (tertiary/aromatic N) is 3. The van der Waals surface area contributed by atoms with Crippen molar-refractivity contribution >= 4 is 21.6 Å². The molecule has 36 heavy (non-hydrogen) atoms. The van der Waals surface area contributed by atoms with E-state index in [1.54, 1.807) is 48.4 Å². The number of thioether (sulfide) groups is 1. The van der Waals surface area contributed by atoms with Crippen molar-refractivity contribution < 1.29 is 12.8 Å². The number of aromatic nitrogens is 3. The molecule has 180 valence electrons. The maximum absolute atomic E-state index is 13.7. The standard InChI is InChI=1S/C28H22FN3O2S2/c1-36(33,34)25-13-7-20(8-14-25)19-35-28-31-26(21-9-11-23(29)12-10-21)27(22-15-17-30-18-16-22)32(28)24-5-3-2-4-6-24/h2-18H,19H2,1H3. The van der Waals surface area contributed by atoms with E-state index in [0.717, 1.165) is 38.9 Å². The van der Waals surface area contributed by atoms with E-state index in [2.05, 4.69) is 9.55 Å². The number of rotatable bonds is 7. The summed E-state index contributed by atoms with van der Waals surface area (Å²) in [4.78, 5) is 9.48. The lowest BCUT2D eigenvalue weighted by Crippen LogP contribution is -2.00. The van der Waals surface area contributed by atoms with Crippen LogP contribution < -0.4 is 0 Å². The Morgan fingerprint density at radius 3 is 2.14 bits per heavy atom. The third kappa shape index (κ3) is 5.10. The molecule has 0 saturated heterocycles. The summed E-state index contributed by atoms with van der Waals surface area (Å²) in [5, 5.41) is 0.763. The Kier molecular flexibility index (Phi) is 6.71. The number of halogens is 1. The molecule has 0 aliphatic heterocycles. The predicted molar refractivity (Wildman–Crippen MR) is 141 cm³/mol. The van der Waals surface area contributed by atoms with Crippen molar-refractivity contribution in [2.45, 2.75) is 15.8 Å². The Morgan fingerprint density at radius 2 is 1.50 bits per heavy atom. The number of imidazole rings is 1. The van der Waals surface area contributed by atoms with E-state index in [0.29, 0.717) is 10.6 Å². The van der Waals surface area contributed by atoms with E-state index >= 15 is 0 Å². The van der Waals surface area contributed by atoms with E-state index in [4.69, 9.17) is 4.98 Å². The topological polar surface area (TPSA) is 64.8 Å². The summed E-state index contributed by atoms with van der Waals surface area (Å²) < 4.78 is 39.4. The van der Waals surface area contributed by atoms with Gasteiger partial charge in [-0.3, -0.25) is 9.55 Å². The zero-order chi connectivity index (χ0) is 25.1. The summed E-state index contributed by atoms with van der Waals surface area (Å²) in [5.74, 6) is 0.283. The first-order chi connectivity index (χ1) is 17.4. The zero-order valence-electron chi connectivity index (χ0n) is 19.4. The normalized spacial score (nSPS) is 11.5. The molecule has 5 aromatic rings. The second kappa shape index (κ2) is 10.1. The molecule has 8 heteroatoms. The van der Waals surface area contributed by atoms with Crippen LogP contribution in [0, 0.1) is 5.82 Å². The number of hydrogen-bond donors (Lipinski definition) is 0. The Balaban J connectivity index is 1.63. The van der Waals surface area contributed by atoms with E-state index in [1.165, 1.54) is 18.4 Å². The fraction of sp³-hybridized carbons (Fsp3) is 0.0714. The number of hydrogen-bond acceptors (Lipinski definition) is 5. The SMILES string of the molecule is CS(=O)(=O)c1ccc(CSc2nc(-c3ccc(F)cc3)c(-c3ccncc3)n2-c2ccccc2)cc1. The largest absolute Gasteiger partial charge is 0.287 e. The van der Waals surface area contributed by atoms with Crippen LogP contribution in [0.5, 0.6) is 0 Å². The summed E-state index contributed by atoms with van der Waals surface area (Å²) >= 11 is 1.55. The highest BCUT2D eigenvalue weighted by Gasteiger charge is 2.22. The van der Waals surface area contributed by atoms with E-state index < -0.39 is 9.84 Å². The van der Waals surface area contributed by atoms with Crippen molar-refractivity contribution in [3.63, 3.8) is 0 Å². The molecule has 0 saturated carbocycles. The molecule has 0 atom stereocenters. The summed E-state index contributed by atoms with van der Waals surface area (Å²) in [6.07, 6.45) is 4.68. The molecule has 2 aromatic heterocycles. The van der Waals surface area contributed by atoms with Crippen LogP contribution in [0.3, 0.4) is 0 Å². The van der Waals surface area contributed by atoms with Crippen LogP contribution in [0.25, 0.3) is 28.2 Å². The van der Waals surface area contributed by atoms with Gasteiger partial charge in [0.2, 0.25) is 0 Å². The van der Waals surface area contributed by atoms with Crippen molar-refractivity contribution in [1.82, 2.24) is 14.5 Å². The average Bonchev–Trinajstić information content (AvgIpc) is 3.28. The third-order valence-corrected chi connectivity index (χ3v) is 7.79. The molecule has 0 aliphatic carbocycles. The van der Waals surface area contributed by atoms with Gasteiger partial charge in [-0.15, -0.1) is 0 Å². The van der Waals surface area contributed by atoms with Crippen molar-refractivity contribution in [3.05, 3.63) is 115 Å². The van der Waals surface area contributed by atoms with Crippen LogP contribution in [-0.4, -0.2) is 29.2 Å². The number of para-hydroxylation sites is 1. The molecular weight excluding hydrogens is 493 g/mol. The van der Waals surface area contributed by atoms with Crippen LogP contribution >= 0.6 is 11.8 Å². The molecule has 0 unspecified atom stereocenters. The summed E-state index contributed by atoms with van der Waals surface area (Å²) in [5.41, 5.74) is 5.27. The molecule has 0 spiro atoms. The second-order valence-electron chi connectivity index (χ2n) is 8.21. The molecule has 0 bridgehead atoms. The van der Waals surface area contributed by atoms with Crippen LogP contribution in [0.15, 0.2) is 113 Å². The molecule has 0 amide bonds. The molecule has 5 nitrogen and oxygen atoms in total. The molecule has 2 heterocycles. The first-order valence-corrected chi connectivity index (χ1v) is 14.0. The lowest BCUT2D eigenvalue weighted by Gasteiger charge is -2.13. The summed E-state index contributed by atoms with van der Waals surface area (Å²) in [6.45, 7) is 0. The van der Waals surface area contributed by atoms with Gasteiger partial charge in [0, 0.05) is 41.2 Å². The Labute approximate surface area is 213 Å². The van der Waals surface area contributed by atoms with Gasteiger partial charge in [-0.25, -0.2) is 17.8 Å². The van der Waals surface area contributed by atoms with Gasteiger partial charge < -0.3 is 0 Å². The Hall–Kier alpha value is -3.75. The predicted octanol–water partition coefficient (Wildman–Crippen LogP) is 6.44. The van der Waals surface area contributed by atoms with Crippen molar-refractivity contribution in [2.24, 2.45) is 0 Å². The molecule has 0 aliphatic rings. The fourth-order valence-corrected chi connectivity index (χ4v) is 5.48. The molecular formula is C28H22FN3O2S2. The lowest BCUT2D eigenvalue weighted by molar-refractivity contribution is 0.602. The van der Waals surface area contributed by atoms with Gasteiger partial charge in [0.1, 0.15) is 5.82 Å². The number of benzene rings is 3. The van der Waals surface area contributed by atoms with Gasteiger partial charge in [-0.05, 0) is 66.2 Å². The quantitative estimate of drug-likeness (QED) is 0.234. The second-order valence-corrected chi connectivity index (χ2v) is 11.2. The van der Waals surface area contributed by atoms with Gasteiger partial charge in [0.15, 0.2) is 15.0 Å². The van der Waals surface area contributed by atoms with Gasteiger partial charge in [-0.2, -0.15) is 0 Å². The van der Waals surface area contributed by atoms with E-state index in [9.17, 15) is 12.8 Å². The molecule has 5 rings (SSSR count). The summed E-state index contributed by atoms with van der Waals surface area (Å²) in [7, 11) is -3.25. The van der Waals surface area contributed by atoms with Gasteiger partial charge in [0.05, 0.1) is 16.3 Å². The highest BCUT2D eigenvalue weighted by Crippen LogP contribution is 2.39. The minimum atomic E-state index is -3.25. The van der Waals surface area contributed by atoms with Crippen molar-refractivity contribution in [3.8, 4) is 28.2 Å². The van der Waals surface area contributed by atoms with Gasteiger partial charge in [-0.1, -0.05) is 42.1 Å². The van der Waals surface area contributed by atoms with Gasteiger partial charge >= 0.3 is 0 Å². The Morgan fingerprint density at radius 1 is 0.833 bits per heavy atom. The molecule has 0 radical (unpaired) electrons. The minimum Gasteiger partial charge on any atom is -0.287 e. The lowest BCUT2D eigenvalue weighted by atomic mass is 10.1. The number of pyridine rings is 1. The highest BCUT2D eigenvalue weighted by molar-refractivity contribution is 7.98. The van der Waals surface area contributed by atoms with Gasteiger partial charge in [0.25, 0.3) is 0 Å². The van der Waals surface area contributed by atoms with Crippen molar-refractivity contribution in [2.75, 3.05) is 6.26 Å². The number of sulfone groups is 1. The summed E-state index contributed by atoms with van der Waals surface area (Å²) in [6, 6.07) is 27.0. The van der Waals surface area contributed by atoms with Crippen LogP contribution in [0.4, 0.5) is 4.39 Å². The molecule has 0 fully saturated rings. The average molecular weight is 516 g/mol. The highest BCUT2D eigenvalue weighted by atomic mass is 32.2. The fourth-order valence-electron chi connectivity index (χ4n) is 3.88. The Bertz CT molecular complexity index is 1590. The zero-order valence-corrected chi connectivity index (χ0v) is 21.0. The molecule has 0 N–H and O–H groups in total. The molecule has 3 aromatic carbocycles.